The molecule has 0 aliphatic rings. The molecule has 4 heteroatoms. The van der Waals surface area contributed by atoms with Crippen molar-refractivity contribution in [1.29, 1.82) is 0 Å². The summed E-state index contributed by atoms with van der Waals surface area (Å²) >= 11 is 5.50. The number of carbonyl (C=O) groups excluding carboxylic acids is 1. The van der Waals surface area contributed by atoms with Crippen LogP contribution in [0.25, 0.3) is 10.8 Å². The van der Waals surface area contributed by atoms with Gasteiger partial charge in [-0.05, 0) is 5.39 Å². The zero-order valence-corrected chi connectivity index (χ0v) is 9.87. The average Bonchev–Trinajstić information content (AvgIpc) is 2.29. The van der Waals surface area contributed by atoms with E-state index in [4.69, 9.17) is 16.0 Å². The third-order valence-corrected chi connectivity index (χ3v) is 2.68. The van der Waals surface area contributed by atoms with E-state index in [9.17, 15) is 9.59 Å². The minimum absolute atomic E-state index is 0.0282. The SMILES string of the molecule is O=C(CCCl)Cc1oc(=O)cc2ccccc12. The Bertz CT molecular complexity index is 601. The van der Waals surface area contributed by atoms with Crippen LogP contribution in [0.5, 0.6) is 0 Å². The van der Waals surface area contributed by atoms with E-state index >= 15 is 0 Å². The number of ketones is 1. The van der Waals surface area contributed by atoms with E-state index in [1.165, 1.54) is 6.07 Å². The molecule has 0 N–H and O–H groups in total. The molecular weight excluding hydrogens is 240 g/mol. The molecule has 0 saturated heterocycles. The van der Waals surface area contributed by atoms with E-state index < -0.39 is 5.63 Å². The second-order valence-corrected chi connectivity index (χ2v) is 4.11. The molecule has 0 aliphatic carbocycles. The van der Waals surface area contributed by atoms with E-state index in [-0.39, 0.29) is 24.5 Å². The highest BCUT2D eigenvalue weighted by molar-refractivity contribution is 6.19. The monoisotopic (exact) mass is 250 g/mol. The van der Waals surface area contributed by atoms with Crippen LogP contribution in [0.15, 0.2) is 39.5 Å². The number of hydrogen-bond acceptors (Lipinski definition) is 3. The predicted octanol–water partition coefficient (Wildman–Crippen LogP) is 2.53. The lowest BCUT2D eigenvalue weighted by Gasteiger charge is -2.03. The highest BCUT2D eigenvalue weighted by Gasteiger charge is 2.10. The Hall–Kier alpha value is -1.61. The summed E-state index contributed by atoms with van der Waals surface area (Å²) < 4.78 is 5.09. The second-order valence-electron chi connectivity index (χ2n) is 3.73. The first kappa shape index (κ1) is 11.9. The van der Waals surface area contributed by atoms with Crippen molar-refractivity contribution < 1.29 is 9.21 Å². The first-order valence-corrected chi connectivity index (χ1v) is 5.83. The van der Waals surface area contributed by atoms with Gasteiger partial charge in [0.15, 0.2) is 0 Å². The molecule has 0 saturated carbocycles. The summed E-state index contributed by atoms with van der Waals surface area (Å²) in [7, 11) is 0. The van der Waals surface area contributed by atoms with Gasteiger partial charge in [-0.1, -0.05) is 24.3 Å². The van der Waals surface area contributed by atoms with Gasteiger partial charge >= 0.3 is 5.63 Å². The van der Waals surface area contributed by atoms with Gasteiger partial charge in [0.25, 0.3) is 0 Å². The number of rotatable bonds is 4. The minimum Gasteiger partial charge on any atom is -0.427 e. The summed E-state index contributed by atoms with van der Waals surface area (Å²) in [6.45, 7) is 0. The number of alkyl halides is 1. The fourth-order valence-corrected chi connectivity index (χ4v) is 1.92. The third kappa shape index (κ3) is 2.74. The molecule has 1 aromatic carbocycles. The maximum atomic E-state index is 11.5. The van der Waals surface area contributed by atoms with Gasteiger partial charge in [-0.15, -0.1) is 11.6 Å². The summed E-state index contributed by atoms with van der Waals surface area (Å²) in [5.41, 5.74) is -0.433. The summed E-state index contributed by atoms with van der Waals surface area (Å²) in [5.74, 6) is 0.677. The number of halogens is 1. The van der Waals surface area contributed by atoms with Crippen LogP contribution in [-0.4, -0.2) is 11.7 Å². The van der Waals surface area contributed by atoms with Crippen LogP contribution >= 0.6 is 11.6 Å². The Labute approximate surface area is 103 Å². The van der Waals surface area contributed by atoms with Gasteiger partial charge < -0.3 is 4.42 Å². The lowest BCUT2D eigenvalue weighted by Crippen LogP contribution is -2.07. The van der Waals surface area contributed by atoms with Crippen molar-refractivity contribution in [3.8, 4) is 0 Å². The van der Waals surface area contributed by atoms with Crippen LogP contribution in [0, 0.1) is 0 Å². The first-order valence-electron chi connectivity index (χ1n) is 5.30. The van der Waals surface area contributed by atoms with E-state index in [0.717, 1.165) is 10.8 Å². The molecule has 0 atom stereocenters. The zero-order chi connectivity index (χ0) is 12.3. The Balaban J connectivity index is 2.45. The van der Waals surface area contributed by atoms with Gasteiger partial charge in [-0.3, -0.25) is 4.79 Å². The maximum Gasteiger partial charge on any atom is 0.336 e. The van der Waals surface area contributed by atoms with Crippen LogP contribution in [0.1, 0.15) is 12.2 Å². The van der Waals surface area contributed by atoms with Crippen LogP contribution in [0.2, 0.25) is 0 Å². The number of fused-ring (bicyclic) bond motifs is 1. The van der Waals surface area contributed by atoms with Crippen LogP contribution in [0.4, 0.5) is 0 Å². The lowest BCUT2D eigenvalue weighted by atomic mass is 10.1. The number of hydrogen-bond donors (Lipinski definition) is 0. The smallest absolute Gasteiger partial charge is 0.336 e. The van der Waals surface area contributed by atoms with Gasteiger partial charge in [0.1, 0.15) is 11.5 Å². The Kier molecular flexibility index (Phi) is 3.59. The Morgan fingerprint density at radius 3 is 2.82 bits per heavy atom. The summed E-state index contributed by atoms with van der Waals surface area (Å²) in [4.78, 5) is 22.9. The molecule has 3 nitrogen and oxygen atoms in total. The van der Waals surface area contributed by atoms with Crippen molar-refractivity contribution >= 4 is 28.2 Å². The second kappa shape index (κ2) is 5.15. The molecule has 0 spiro atoms. The van der Waals surface area contributed by atoms with Crippen LogP contribution < -0.4 is 5.63 Å². The molecular formula is C13H11ClO3. The van der Waals surface area contributed by atoms with Crippen molar-refractivity contribution in [2.24, 2.45) is 0 Å². The molecule has 0 bridgehead atoms. The normalized spacial score (nSPS) is 10.6. The molecule has 88 valence electrons. The Morgan fingerprint density at radius 1 is 1.29 bits per heavy atom. The predicted molar refractivity (Wildman–Crippen MR) is 66.5 cm³/mol. The molecule has 0 aliphatic heterocycles. The molecule has 1 aromatic heterocycles. The molecule has 0 amide bonds. The Morgan fingerprint density at radius 2 is 2.06 bits per heavy atom. The largest absolute Gasteiger partial charge is 0.427 e. The molecule has 2 aromatic rings. The van der Waals surface area contributed by atoms with E-state index in [1.54, 1.807) is 0 Å². The van der Waals surface area contributed by atoms with Crippen molar-refractivity contribution in [1.82, 2.24) is 0 Å². The fourth-order valence-electron chi connectivity index (χ4n) is 1.71. The topological polar surface area (TPSA) is 47.3 Å². The number of carbonyl (C=O) groups is 1. The summed E-state index contributed by atoms with van der Waals surface area (Å²) in [6, 6.07) is 8.76. The zero-order valence-electron chi connectivity index (χ0n) is 9.11. The molecule has 0 fully saturated rings. The number of Topliss-reactive ketones (excluding diaryl/α,β-unsaturated/α-hetero) is 1. The number of benzene rings is 1. The first-order chi connectivity index (χ1) is 8.20. The van der Waals surface area contributed by atoms with Gasteiger partial charge in [0, 0.05) is 23.8 Å². The van der Waals surface area contributed by atoms with Gasteiger partial charge in [-0.25, -0.2) is 4.79 Å². The van der Waals surface area contributed by atoms with Gasteiger partial charge in [0.2, 0.25) is 0 Å². The lowest BCUT2D eigenvalue weighted by molar-refractivity contribution is -0.118. The van der Waals surface area contributed by atoms with Crippen molar-refractivity contribution in [3.05, 3.63) is 46.5 Å². The summed E-state index contributed by atoms with van der Waals surface area (Å²) in [6.07, 6.45) is 0.401. The maximum absolute atomic E-state index is 11.5. The molecule has 1 heterocycles. The van der Waals surface area contributed by atoms with Crippen LogP contribution in [-0.2, 0) is 11.2 Å². The van der Waals surface area contributed by atoms with E-state index in [2.05, 4.69) is 0 Å². The highest BCUT2D eigenvalue weighted by atomic mass is 35.5. The summed E-state index contributed by atoms with van der Waals surface area (Å²) in [5, 5.41) is 1.59. The molecule has 0 radical (unpaired) electrons. The highest BCUT2D eigenvalue weighted by Crippen LogP contribution is 2.17. The van der Waals surface area contributed by atoms with Crippen molar-refractivity contribution in [2.45, 2.75) is 12.8 Å². The van der Waals surface area contributed by atoms with Crippen LogP contribution in [0.3, 0.4) is 0 Å². The van der Waals surface area contributed by atoms with Crippen molar-refractivity contribution in [3.63, 3.8) is 0 Å². The fraction of sp³-hybridized carbons (Fsp3) is 0.231. The van der Waals surface area contributed by atoms with Gasteiger partial charge in [0.05, 0.1) is 6.42 Å². The quantitative estimate of drug-likeness (QED) is 0.784. The van der Waals surface area contributed by atoms with E-state index in [0.29, 0.717) is 5.76 Å². The van der Waals surface area contributed by atoms with Gasteiger partial charge in [-0.2, -0.15) is 0 Å². The minimum atomic E-state index is -0.433. The van der Waals surface area contributed by atoms with E-state index in [1.807, 2.05) is 24.3 Å². The third-order valence-electron chi connectivity index (χ3n) is 2.49. The molecule has 0 unspecified atom stereocenters. The van der Waals surface area contributed by atoms with Crippen molar-refractivity contribution in [2.75, 3.05) is 5.88 Å². The molecule has 17 heavy (non-hydrogen) atoms. The molecule has 2 rings (SSSR count). The average molecular weight is 251 g/mol. The standard InChI is InChI=1S/C13H11ClO3/c14-6-5-10(15)8-12-11-4-2-1-3-9(11)7-13(16)17-12/h1-4,7H,5-6,8H2.